The first-order valence-corrected chi connectivity index (χ1v) is 15.8. The summed E-state index contributed by atoms with van der Waals surface area (Å²) < 4.78 is 6.01. The summed E-state index contributed by atoms with van der Waals surface area (Å²) in [6, 6.07) is 14.3. The van der Waals surface area contributed by atoms with Gasteiger partial charge in [-0.15, -0.1) is 0 Å². The second-order valence-electron chi connectivity index (χ2n) is 12.4. The third kappa shape index (κ3) is 8.94. The second kappa shape index (κ2) is 15.5. The minimum Gasteiger partial charge on any atom is -0.460 e. The number of nitrogens with one attached hydrogen (secondary N) is 4. The molecule has 5 atom stereocenters. The standard InChI is InChI=1S/C35H46N4O5/c1-5-6-12-23(4)31-20-32(40)37-29(19-25-21-36-27-16-11-10-15-26(25)27)34(42)38-28(18-24-13-8-7-9-14-24)33(41)39-30(17-22(2)3)35(43)44-31/h7-11,13-16,21-23,28-31,36H,5-6,12,17-20H2,1-4H3,(H,37,40)(H,38,42)(H,39,41). The van der Waals surface area contributed by atoms with E-state index in [1.165, 1.54) is 0 Å². The van der Waals surface area contributed by atoms with E-state index in [0.717, 1.165) is 41.3 Å². The monoisotopic (exact) mass is 602 g/mol. The Morgan fingerprint density at radius 3 is 2.18 bits per heavy atom. The van der Waals surface area contributed by atoms with Gasteiger partial charge in [-0.2, -0.15) is 0 Å². The number of ether oxygens (including phenoxy) is 1. The molecule has 3 amide bonds. The second-order valence-corrected chi connectivity index (χ2v) is 12.4. The van der Waals surface area contributed by atoms with Crippen molar-refractivity contribution in [1.82, 2.24) is 20.9 Å². The van der Waals surface area contributed by atoms with Crippen molar-refractivity contribution in [3.05, 3.63) is 71.9 Å². The molecule has 1 aliphatic rings. The van der Waals surface area contributed by atoms with E-state index in [0.29, 0.717) is 6.42 Å². The van der Waals surface area contributed by atoms with Gasteiger partial charge < -0.3 is 25.7 Å². The summed E-state index contributed by atoms with van der Waals surface area (Å²) in [5, 5.41) is 9.66. The summed E-state index contributed by atoms with van der Waals surface area (Å²) in [6.07, 6.45) is 4.53. The van der Waals surface area contributed by atoms with Gasteiger partial charge in [0.2, 0.25) is 17.7 Å². The maximum Gasteiger partial charge on any atom is 0.328 e. The summed E-state index contributed by atoms with van der Waals surface area (Å²) in [7, 11) is 0. The van der Waals surface area contributed by atoms with Gasteiger partial charge in [-0.25, -0.2) is 4.79 Å². The zero-order valence-electron chi connectivity index (χ0n) is 26.2. The van der Waals surface area contributed by atoms with Crippen LogP contribution >= 0.6 is 0 Å². The molecular weight excluding hydrogens is 556 g/mol. The van der Waals surface area contributed by atoms with Crippen LogP contribution in [-0.2, 0) is 36.8 Å². The van der Waals surface area contributed by atoms with Crippen molar-refractivity contribution in [2.24, 2.45) is 11.8 Å². The molecule has 4 N–H and O–H groups in total. The molecule has 0 bridgehead atoms. The third-order valence-electron chi connectivity index (χ3n) is 8.28. The van der Waals surface area contributed by atoms with E-state index in [1.807, 2.05) is 81.6 Å². The molecule has 0 spiro atoms. The molecule has 44 heavy (non-hydrogen) atoms. The van der Waals surface area contributed by atoms with Gasteiger partial charge in [-0.1, -0.05) is 89.1 Å². The molecule has 5 unspecified atom stereocenters. The van der Waals surface area contributed by atoms with Crippen molar-refractivity contribution >= 4 is 34.6 Å². The van der Waals surface area contributed by atoms with E-state index >= 15 is 0 Å². The molecule has 9 heteroatoms. The van der Waals surface area contributed by atoms with Crippen molar-refractivity contribution in [3.8, 4) is 0 Å². The maximum absolute atomic E-state index is 13.9. The van der Waals surface area contributed by atoms with Crippen molar-refractivity contribution < 1.29 is 23.9 Å². The molecule has 0 radical (unpaired) electrons. The predicted octanol–water partition coefficient (Wildman–Crippen LogP) is 4.60. The highest BCUT2D eigenvalue weighted by molar-refractivity contribution is 5.95. The maximum atomic E-state index is 13.9. The number of aromatic nitrogens is 1. The topological polar surface area (TPSA) is 129 Å². The number of fused-ring (bicyclic) bond motifs is 1. The number of H-pyrrole nitrogens is 1. The van der Waals surface area contributed by atoms with Crippen LogP contribution < -0.4 is 16.0 Å². The Hall–Kier alpha value is -4.14. The molecular formula is C35H46N4O5. The molecule has 2 heterocycles. The highest BCUT2D eigenvalue weighted by Crippen LogP contribution is 2.22. The molecule has 1 aromatic heterocycles. The first kappa shape index (κ1) is 32.8. The number of hydrogen-bond donors (Lipinski definition) is 4. The fourth-order valence-electron chi connectivity index (χ4n) is 5.76. The van der Waals surface area contributed by atoms with Crippen molar-refractivity contribution in [2.45, 2.75) is 96.9 Å². The van der Waals surface area contributed by atoms with Gasteiger partial charge in [-0.05, 0) is 41.9 Å². The fourth-order valence-corrected chi connectivity index (χ4v) is 5.76. The number of hydrogen-bond acceptors (Lipinski definition) is 5. The predicted molar refractivity (Wildman–Crippen MR) is 171 cm³/mol. The summed E-state index contributed by atoms with van der Waals surface area (Å²) in [6.45, 7) is 7.99. The molecule has 1 fully saturated rings. The Labute approximate surface area is 259 Å². The molecule has 1 saturated heterocycles. The number of esters is 1. The van der Waals surface area contributed by atoms with Crippen LogP contribution in [0.5, 0.6) is 0 Å². The van der Waals surface area contributed by atoms with E-state index in [9.17, 15) is 19.2 Å². The van der Waals surface area contributed by atoms with Gasteiger partial charge in [0.25, 0.3) is 0 Å². The van der Waals surface area contributed by atoms with Crippen molar-refractivity contribution in [1.29, 1.82) is 0 Å². The van der Waals surface area contributed by atoms with E-state index in [-0.39, 0.29) is 37.0 Å². The Kier molecular flexibility index (Phi) is 11.6. The van der Waals surface area contributed by atoms with Crippen LogP contribution in [0.15, 0.2) is 60.8 Å². The Bertz CT molecular complexity index is 1420. The Morgan fingerprint density at radius 2 is 1.48 bits per heavy atom. The number of rotatable bonds is 10. The number of amides is 3. The van der Waals surface area contributed by atoms with E-state index in [2.05, 4.69) is 27.9 Å². The lowest BCUT2D eigenvalue weighted by Crippen LogP contribution is -2.56. The zero-order valence-corrected chi connectivity index (χ0v) is 26.2. The van der Waals surface area contributed by atoms with Gasteiger partial charge in [0.15, 0.2) is 0 Å². The lowest BCUT2D eigenvalue weighted by atomic mass is 9.95. The van der Waals surface area contributed by atoms with Crippen molar-refractivity contribution in [3.63, 3.8) is 0 Å². The van der Waals surface area contributed by atoms with Gasteiger partial charge in [0.1, 0.15) is 24.2 Å². The number of carbonyl (C=O) groups is 4. The molecule has 236 valence electrons. The van der Waals surface area contributed by atoms with E-state index in [1.54, 1.807) is 0 Å². The SMILES string of the molecule is CCCCC(C)C1CC(=O)NC(Cc2c[nH]c3ccccc23)C(=O)NC(Cc2ccccc2)C(=O)NC(CC(C)C)C(=O)O1. The molecule has 1 aliphatic heterocycles. The average Bonchev–Trinajstić information content (AvgIpc) is 3.41. The summed E-state index contributed by atoms with van der Waals surface area (Å²) in [4.78, 5) is 58.1. The first-order valence-electron chi connectivity index (χ1n) is 15.8. The lowest BCUT2D eigenvalue weighted by Gasteiger charge is -2.27. The molecule has 0 aliphatic carbocycles. The first-order chi connectivity index (χ1) is 21.1. The van der Waals surface area contributed by atoms with Crippen LogP contribution in [0.4, 0.5) is 0 Å². The Morgan fingerprint density at radius 1 is 0.818 bits per heavy atom. The highest BCUT2D eigenvalue weighted by Gasteiger charge is 2.35. The van der Waals surface area contributed by atoms with E-state index < -0.39 is 42.0 Å². The van der Waals surface area contributed by atoms with Crippen LogP contribution in [-0.4, -0.2) is 52.9 Å². The number of para-hydroxylation sites is 1. The van der Waals surface area contributed by atoms with Crippen molar-refractivity contribution in [2.75, 3.05) is 0 Å². The molecule has 3 aromatic rings. The minimum absolute atomic E-state index is 0.0793. The van der Waals surface area contributed by atoms with Crippen LogP contribution in [0.25, 0.3) is 10.9 Å². The van der Waals surface area contributed by atoms with Crippen LogP contribution in [0.3, 0.4) is 0 Å². The fraction of sp³-hybridized carbons (Fsp3) is 0.486. The summed E-state index contributed by atoms with van der Waals surface area (Å²) in [5.74, 6) is -1.89. The number of cyclic esters (lactones) is 1. The molecule has 0 saturated carbocycles. The van der Waals surface area contributed by atoms with Crippen LogP contribution in [0.2, 0.25) is 0 Å². The lowest BCUT2D eigenvalue weighted by molar-refractivity contribution is -0.157. The van der Waals surface area contributed by atoms with Crippen LogP contribution in [0.1, 0.15) is 70.9 Å². The van der Waals surface area contributed by atoms with Gasteiger partial charge >= 0.3 is 5.97 Å². The zero-order chi connectivity index (χ0) is 31.6. The summed E-state index contributed by atoms with van der Waals surface area (Å²) >= 11 is 0. The minimum atomic E-state index is -0.977. The molecule has 4 rings (SSSR count). The van der Waals surface area contributed by atoms with Gasteiger partial charge in [-0.3, -0.25) is 14.4 Å². The number of carbonyl (C=O) groups excluding carboxylic acids is 4. The summed E-state index contributed by atoms with van der Waals surface area (Å²) in [5.41, 5.74) is 2.64. The largest absolute Gasteiger partial charge is 0.460 e. The normalized spacial score (nSPS) is 22.7. The molecule has 2 aromatic carbocycles. The highest BCUT2D eigenvalue weighted by atomic mass is 16.5. The number of benzene rings is 2. The smallest absolute Gasteiger partial charge is 0.328 e. The molecule has 9 nitrogen and oxygen atoms in total. The number of aromatic amines is 1. The third-order valence-corrected chi connectivity index (χ3v) is 8.28. The Balaban J connectivity index is 1.70. The average molecular weight is 603 g/mol. The van der Waals surface area contributed by atoms with Crippen LogP contribution in [0, 0.1) is 11.8 Å². The quantitative estimate of drug-likeness (QED) is 0.252. The van der Waals surface area contributed by atoms with Gasteiger partial charge in [0, 0.05) is 29.9 Å². The number of unbranched alkanes of at least 4 members (excludes halogenated alkanes) is 1. The van der Waals surface area contributed by atoms with Gasteiger partial charge in [0.05, 0.1) is 6.42 Å². The van der Waals surface area contributed by atoms with E-state index in [4.69, 9.17) is 4.74 Å².